The Balaban J connectivity index is 1.68. The number of hydrogen-bond donors (Lipinski definition) is 0. The van der Waals surface area contributed by atoms with Crippen molar-refractivity contribution in [2.75, 3.05) is 5.75 Å². The largest absolute Gasteiger partial charge is 0.411 e. The number of carbonyl (C=O) groups excluding carboxylic acids is 1. The van der Waals surface area contributed by atoms with Crippen molar-refractivity contribution in [1.29, 1.82) is 0 Å². The van der Waals surface area contributed by atoms with E-state index in [-0.39, 0.29) is 11.5 Å². The molecule has 0 fully saturated rings. The Morgan fingerprint density at radius 1 is 1.12 bits per heavy atom. The highest BCUT2D eigenvalue weighted by atomic mass is 32.2. The van der Waals surface area contributed by atoms with Crippen LogP contribution >= 0.6 is 11.8 Å². The fourth-order valence-electron chi connectivity index (χ4n) is 2.13. The van der Waals surface area contributed by atoms with Crippen LogP contribution in [0.4, 0.5) is 4.39 Å². The predicted molar refractivity (Wildman–Crippen MR) is 90.7 cm³/mol. The first-order chi connectivity index (χ1) is 11.5. The molecule has 0 spiro atoms. The number of thioether (sulfide) groups is 1. The number of aromatic nitrogens is 2. The number of hydrogen-bond acceptors (Lipinski definition) is 5. The molecule has 2 aromatic carbocycles. The second kappa shape index (κ2) is 6.97. The molecule has 4 nitrogen and oxygen atoms in total. The lowest BCUT2D eigenvalue weighted by Gasteiger charge is -2.01. The number of nitrogens with zero attached hydrogens (tertiary/aromatic N) is 2. The van der Waals surface area contributed by atoms with Gasteiger partial charge < -0.3 is 4.42 Å². The van der Waals surface area contributed by atoms with Gasteiger partial charge in [-0.15, -0.1) is 10.2 Å². The maximum atomic E-state index is 13.1. The molecule has 0 aliphatic heterocycles. The summed E-state index contributed by atoms with van der Waals surface area (Å²) in [7, 11) is 0. The standard InChI is InChI=1S/C18H15FN2O2S/c1-11-6-7-14(8-12(11)2)17-20-21-18(23-17)24-10-16(22)13-4-3-5-15(19)9-13/h3-9H,10H2,1-2H3. The van der Waals surface area contributed by atoms with Gasteiger partial charge in [0.25, 0.3) is 5.22 Å². The Labute approximate surface area is 143 Å². The average molecular weight is 342 g/mol. The van der Waals surface area contributed by atoms with Crippen molar-refractivity contribution in [2.45, 2.75) is 19.1 Å². The smallest absolute Gasteiger partial charge is 0.277 e. The van der Waals surface area contributed by atoms with Crippen molar-refractivity contribution in [3.05, 3.63) is 65.0 Å². The van der Waals surface area contributed by atoms with Crippen LogP contribution in [0.5, 0.6) is 0 Å². The number of carbonyl (C=O) groups is 1. The molecule has 122 valence electrons. The van der Waals surface area contributed by atoms with Crippen LogP contribution in [0.2, 0.25) is 0 Å². The van der Waals surface area contributed by atoms with Gasteiger partial charge in [-0.05, 0) is 49.2 Å². The molecule has 3 aromatic rings. The lowest BCUT2D eigenvalue weighted by molar-refractivity contribution is 0.102. The van der Waals surface area contributed by atoms with E-state index in [1.165, 1.54) is 23.8 Å². The third-order valence-electron chi connectivity index (χ3n) is 3.63. The molecule has 1 heterocycles. The maximum absolute atomic E-state index is 13.1. The van der Waals surface area contributed by atoms with Gasteiger partial charge in [0.1, 0.15) is 5.82 Å². The van der Waals surface area contributed by atoms with Crippen LogP contribution in [0.3, 0.4) is 0 Å². The highest BCUT2D eigenvalue weighted by Crippen LogP contribution is 2.25. The van der Waals surface area contributed by atoms with E-state index >= 15 is 0 Å². The van der Waals surface area contributed by atoms with Gasteiger partial charge in [0, 0.05) is 11.1 Å². The second-order valence-corrected chi connectivity index (χ2v) is 6.32. The molecule has 0 aliphatic rings. The molecule has 0 saturated heterocycles. The van der Waals surface area contributed by atoms with E-state index < -0.39 is 5.82 Å². The van der Waals surface area contributed by atoms with Gasteiger partial charge in [-0.3, -0.25) is 4.79 Å². The minimum atomic E-state index is -0.430. The quantitative estimate of drug-likeness (QED) is 0.506. The number of benzene rings is 2. The number of Topliss-reactive ketones (excluding diaryl/α,β-unsaturated/α-hetero) is 1. The molecule has 0 amide bonds. The molecule has 24 heavy (non-hydrogen) atoms. The maximum Gasteiger partial charge on any atom is 0.277 e. The van der Waals surface area contributed by atoms with Crippen LogP contribution in [0.25, 0.3) is 11.5 Å². The minimum Gasteiger partial charge on any atom is -0.411 e. The normalized spacial score (nSPS) is 10.8. The van der Waals surface area contributed by atoms with Crippen molar-refractivity contribution in [3.8, 4) is 11.5 Å². The minimum absolute atomic E-state index is 0.109. The van der Waals surface area contributed by atoms with E-state index in [0.717, 1.165) is 22.9 Å². The molecule has 0 saturated carbocycles. The van der Waals surface area contributed by atoms with Gasteiger partial charge in [-0.25, -0.2) is 4.39 Å². The molecular formula is C18H15FN2O2S. The first kappa shape index (κ1) is 16.4. The summed E-state index contributed by atoms with van der Waals surface area (Å²) in [6.07, 6.45) is 0. The molecule has 0 atom stereocenters. The summed E-state index contributed by atoms with van der Waals surface area (Å²) in [5.74, 6) is -0.0947. The van der Waals surface area contributed by atoms with Crippen molar-refractivity contribution in [2.24, 2.45) is 0 Å². The van der Waals surface area contributed by atoms with Crippen LogP contribution in [-0.4, -0.2) is 21.7 Å². The van der Waals surface area contributed by atoms with E-state index in [1.807, 2.05) is 32.0 Å². The van der Waals surface area contributed by atoms with Crippen molar-refractivity contribution >= 4 is 17.5 Å². The van der Waals surface area contributed by atoms with Crippen LogP contribution in [0, 0.1) is 19.7 Å². The van der Waals surface area contributed by atoms with Gasteiger partial charge >= 0.3 is 0 Å². The number of rotatable bonds is 5. The van der Waals surface area contributed by atoms with Gasteiger partial charge in [-0.1, -0.05) is 30.0 Å². The number of ketones is 1. The second-order valence-electron chi connectivity index (χ2n) is 5.39. The van der Waals surface area contributed by atoms with E-state index in [4.69, 9.17) is 4.42 Å². The van der Waals surface area contributed by atoms with Crippen molar-refractivity contribution < 1.29 is 13.6 Å². The molecule has 0 N–H and O–H groups in total. The van der Waals surface area contributed by atoms with Crippen LogP contribution in [-0.2, 0) is 0 Å². The average Bonchev–Trinajstić information content (AvgIpc) is 3.04. The zero-order valence-electron chi connectivity index (χ0n) is 13.2. The summed E-state index contributed by atoms with van der Waals surface area (Å²) in [4.78, 5) is 12.1. The highest BCUT2D eigenvalue weighted by Gasteiger charge is 2.13. The molecule has 3 rings (SSSR count). The Kier molecular flexibility index (Phi) is 4.76. The van der Waals surface area contributed by atoms with Crippen molar-refractivity contribution in [3.63, 3.8) is 0 Å². The predicted octanol–water partition coefficient (Wildman–Crippen LogP) is 4.47. The number of halogens is 1. The summed E-state index contributed by atoms with van der Waals surface area (Å²) in [6, 6.07) is 11.5. The van der Waals surface area contributed by atoms with E-state index in [0.29, 0.717) is 16.7 Å². The first-order valence-corrected chi connectivity index (χ1v) is 8.34. The summed E-state index contributed by atoms with van der Waals surface area (Å²) in [5, 5.41) is 8.27. The fraction of sp³-hybridized carbons (Fsp3) is 0.167. The van der Waals surface area contributed by atoms with E-state index in [1.54, 1.807) is 6.07 Å². The van der Waals surface area contributed by atoms with Crippen LogP contribution < -0.4 is 0 Å². The number of aryl methyl sites for hydroxylation is 2. The molecule has 0 bridgehead atoms. The SMILES string of the molecule is Cc1ccc(-c2nnc(SCC(=O)c3cccc(F)c3)o2)cc1C. The van der Waals surface area contributed by atoms with Crippen LogP contribution in [0.15, 0.2) is 52.1 Å². The Bertz CT molecular complexity index is 892. The summed E-state index contributed by atoms with van der Waals surface area (Å²) < 4.78 is 18.7. The fourth-order valence-corrected chi connectivity index (χ4v) is 2.79. The van der Waals surface area contributed by atoms with Gasteiger partial charge in [0.2, 0.25) is 5.89 Å². The third kappa shape index (κ3) is 3.71. The van der Waals surface area contributed by atoms with E-state index in [2.05, 4.69) is 10.2 Å². The Morgan fingerprint density at radius 3 is 2.71 bits per heavy atom. The molecule has 0 radical (unpaired) electrons. The lowest BCUT2D eigenvalue weighted by Crippen LogP contribution is -2.02. The molecule has 1 aromatic heterocycles. The summed E-state index contributed by atoms with van der Waals surface area (Å²) in [6.45, 7) is 4.05. The molecule has 6 heteroatoms. The van der Waals surface area contributed by atoms with E-state index in [9.17, 15) is 9.18 Å². The van der Waals surface area contributed by atoms with Crippen LogP contribution in [0.1, 0.15) is 21.5 Å². The Hall–Kier alpha value is -2.47. The molecular weight excluding hydrogens is 327 g/mol. The highest BCUT2D eigenvalue weighted by molar-refractivity contribution is 7.99. The Morgan fingerprint density at radius 2 is 1.96 bits per heavy atom. The summed E-state index contributed by atoms with van der Waals surface area (Å²) >= 11 is 1.14. The zero-order valence-corrected chi connectivity index (χ0v) is 14.1. The van der Waals surface area contributed by atoms with Gasteiger partial charge in [0.05, 0.1) is 5.75 Å². The summed E-state index contributed by atoms with van der Waals surface area (Å²) in [5.41, 5.74) is 3.50. The zero-order chi connectivity index (χ0) is 17.1. The molecule has 0 aliphatic carbocycles. The lowest BCUT2D eigenvalue weighted by atomic mass is 10.1. The first-order valence-electron chi connectivity index (χ1n) is 7.35. The topological polar surface area (TPSA) is 56.0 Å². The van der Waals surface area contributed by atoms with Crippen molar-refractivity contribution in [1.82, 2.24) is 10.2 Å². The molecule has 0 unspecified atom stereocenters. The monoisotopic (exact) mass is 342 g/mol. The third-order valence-corrected chi connectivity index (χ3v) is 4.45. The van der Waals surface area contributed by atoms with Gasteiger partial charge in [0.15, 0.2) is 5.78 Å². The van der Waals surface area contributed by atoms with Gasteiger partial charge in [-0.2, -0.15) is 0 Å².